The number of piperidine rings is 1. The van der Waals surface area contributed by atoms with Gasteiger partial charge >= 0.3 is 0 Å². The third-order valence-corrected chi connectivity index (χ3v) is 5.14. The molecule has 130 valence electrons. The van der Waals surface area contributed by atoms with E-state index in [0.717, 1.165) is 43.7 Å². The van der Waals surface area contributed by atoms with Crippen LogP contribution in [0.4, 0.5) is 10.2 Å². The smallest absolute Gasteiger partial charge is 0.226 e. The largest absolute Gasteiger partial charge is 0.366 e. The van der Waals surface area contributed by atoms with Crippen LogP contribution in [0.3, 0.4) is 0 Å². The van der Waals surface area contributed by atoms with Crippen LogP contribution < -0.4 is 5.32 Å². The molecular formula is C19H21FN4O. The Bertz CT molecular complexity index is 729. The van der Waals surface area contributed by atoms with Gasteiger partial charge in [0.1, 0.15) is 11.6 Å². The zero-order chi connectivity index (χ0) is 17.2. The molecule has 1 aliphatic carbocycles. The summed E-state index contributed by atoms with van der Waals surface area (Å²) in [5, 5.41) is 11.3. The Morgan fingerprint density at radius 2 is 1.92 bits per heavy atom. The van der Waals surface area contributed by atoms with Crippen molar-refractivity contribution in [2.24, 2.45) is 5.92 Å². The number of amides is 1. The minimum atomic E-state index is -0.232. The van der Waals surface area contributed by atoms with E-state index in [9.17, 15) is 9.18 Å². The fourth-order valence-electron chi connectivity index (χ4n) is 3.61. The molecule has 5 nitrogen and oxygen atoms in total. The van der Waals surface area contributed by atoms with Crippen molar-refractivity contribution in [3.05, 3.63) is 54.0 Å². The molecule has 2 aliphatic rings. The summed E-state index contributed by atoms with van der Waals surface area (Å²) >= 11 is 0. The average molecular weight is 340 g/mol. The van der Waals surface area contributed by atoms with Gasteiger partial charge in [-0.15, -0.1) is 5.10 Å². The average Bonchev–Trinajstić information content (AvgIpc) is 3.44. The first-order valence-electron chi connectivity index (χ1n) is 8.79. The van der Waals surface area contributed by atoms with Crippen LogP contribution in [-0.2, 0) is 4.79 Å². The monoisotopic (exact) mass is 340 g/mol. The standard InChI is InChI=1S/C19H21FN4O/c20-14-5-3-13(4-6-14)16-12-17(16)19(25)24-10-7-15(8-11-24)22-18-2-1-9-21-23-18/h1-6,9,15-17H,7-8,10-12H2,(H,22,23)/t16-,17+/m1/s1. The van der Waals surface area contributed by atoms with Gasteiger partial charge in [-0.3, -0.25) is 4.79 Å². The Hall–Kier alpha value is -2.50. The van der Waals surface area contributed by atoms with Gasteiger partial charge in [0.25, 0.3) is 0 Å². The van der Waals surface area contributed by atoms with E-state index in [1.807, 2.05) is 17.0 Å². The topological polar surface area (TPSA) is 58.1 Å². The van der Waals surface area contributed by atoms with E-state index in [0.29, 0.717) is 6.04 Å². The highest BCUT2D eigenvalue weighted by Crippen LogP contribution is 2.48. The Labute approximate surface area is 146 Å². The van der Waals surface area contributed by atoms with E-state index in [1.54, 1.807) is 18.3 Å². The maximum Gasteiger partial charge on any atom is 0.226 e. The molecule has 4 rings (SSSR count). The number of benzene rings is 1. The molecule has 0 bridgehead atoms. The van der Waals surface area contributed by atoms with Crippen molar-refractivity contribution in [1.82, 2.24) is 15.1 Å². The molecule has 2 fully saturated rings. The number of likely N-dealkylation sites (tertiary alicyclic amines) is 1. The minimum absolute atomic E-state index is 0.0648. The summed E-state index contributed by atoms with van der Waals surface area (Å²) in [5.74, 6) is 1.11. The Morgan fingerprint density at radius 1 is 1.16 bits per heavy atom. The Morgan fingerprint density at radius 3 is 2.60 bits per heavy atom. The number of halogens is 1. The predicted octanol–water partition coefficient (Wildman–Crippen LogP) is 2.82. The highest BCUT2D eigenvalue weighted by molar-refractivity contribution is 5.83. The fourth-order valence-corrected chi connectivity index (χ4v) is 3.61. The van der Waals surface area contributed by atoms with Crippen LogP contribution in [0.25, 0.3) is 0 Å². The van der Waals surface area contributed by atoms with E-state index < -0.39 is 0 Å². The lowest BCUT2D eigenvalue weighted by Crippen LogP contribution is -2.43. The number of carbonyl (C=O) groups excluding carboxylic acids is 1. The molecule has 1 amide bonds. The van der Waals surface area contributed by atoms with Crippen molar-refractivity contribution in [2.75, 3.05) is 18.4 Å². The van der Waals surface area contributed by atoms with E-state index in [1.165, 1.54) is 12.1 Å². The number of nitrogens with zero attached hydrogens (tertiary/aromatic N) is 3. The number of hydrogen-bond acceptors (Lipinski definition) is 4. The van der Waals surface area contributed by atoms with Crippen LogP contribution in [-0.4, -0.2) is 40.1 Å². The van der Waals surface area contributed by atoms with Crippen molar-refractivity contribution in [2.45, 2.75) is 31.2 Å². The molecule has 1 aromatic carbocycles. The summed E-state index contributed by atoms with van der Waals surface area (Å²) in [6.07, 6.45) is 4.36. The highest BCUT2D eigenvalue weighted by Gasteiger charge is 2.46. The molecule has 1 aliphatic heterocycles. The molecule has 1 N–H and O–H groups in total. The first-order chi connectivity index (χ1) is 12.2. The fraction of sp³-hybridized carbons (Fsp3) is 0.421. The minimum Gasteiger partial charge on any atom is -0.366 e. The van der Waals surface area contributed by atoms with E-state index in [-0.39, 0.29) is 23.6 Å². The molecule has 2 aromatic rings. The molecule has 25 heavy (non-hydrogen) atoms. The van der Waals surface area contributed by atoms with Crippen molar-refractivity contribution >= 4 is 11.7 Å². The number of anilines is 1. The molecule has 2 heterocycles. The third-order valence-electron chi connectivity index (χ3n) is 5.14. The maximum atomic E-state index is 13.0. The Kier molecular flexibility index (Phi) is 4.34. The van der Waals surface area contributed by atoms with Crippen LogP contribution in [0, 0.1) is 11.7 Å². The summed E-state index contributed by atoms with van der Waals surface area (Å²) in [6, 6.07) is 10.6. The van der Waals surface area contributed by atoms with E-state index >= 15 is 0 Å². The number of aromatic nitrogens is 2. The van der Waals surface area contributed by atoms with Crippen LogP contribution in [0.2, 0.25) is 0 Å². The number of hydrogen-bond donors (Lipinski definition) is 1. The van der Waals surface area contributed by atoms with Gasteiger partial charge in [-0.05, 0) is 55.0 Å². The van der Waals surface area contributed by atoms with Crippen molar-refractivity contribution < 1.29 is 9.18 Å². The second-order valence-electron chi connectivity index (χ2n) is 6.85. The van der Waals surface area contributed by atoms with Gasteiger partial charge in [-0.25, -0.2) is 4.39 Å². The molecule has 0 radical (unpaired) electrons. The van der Waals surface area contributed by atoms with Gasteiger partial charge < -0.3 is 10.2 Å². The first kappa shape index (κ1) is 16.0. The molecule has 1 aromatic heterocycles. The zero-order valence-electron chi connectivity index (χ0n) is 13.9. The van der Waals surface area contributed by atoms with E-state index in [2.05, 4.69) is 15.5 Å². The summed E-state index contributed by atoms with van der Waals surface area (Å²) in [5.41, 5.74) is 1.07. The zero-order valence-corrected chi connectivity index (χ0v) is 13.9. The lowest BCUT2D eigenvalue weighted by molar-refractivity contribution is -0.133. The SMILES string of the molecule is O=C([C@H]1C[C@@H]1c1ccc(F)cc1)N1CCC(Nc2cccnn2)CC1. The molecule has 0 unspecified atom stereocenters. The van der Waals surface area contributed by atoms with Crippen LogP contribution in [0.1, 0.15) is 30.7 Å². The predicted molar refractivity (Wildman–Crippen MR) is 92.5 cm³/mol. The first-order valence-corrected chi connectivity index (χ1v) is 8.79. The van der Waals surface area contributed by atoms with Crippen LogP contribution >= 0.6 is 0 Å². The molecule has 6 heteroatoms. The molecule has 2 atom stereocenters. The van der Waals surface area contributed by atoms with Gasteiger partial charge in [-0.2, -0.15) is 5.10 Å². The number of rotatable bonds is 4. The summed E-state index contributed by atoms with van der Waals surface area (Å²) in [7, 11) is 0. The molecule has 1 saturated heterocycles. The molecular weight excluding hydrogens is 319 g/mol. The molecule has 0 spiro atoms. The molecule has 1 saturated carbocycles. The van der Waals surface area contributed by atoms with Gasteiger partial charge in [-0.1, -0.05) is 12.1 Å². The van der Waals surface area contributed by atoms with Crippen LogP contribution in [0.15, 0.2) is 42.6 Å². The summed E-state index contributed by atoms with van der Waals surface area (Å²) in [6.45, 7) is 1.53. The third kappa shape index (κ3) is 3.62. The van der Waals surface area contributed by atoms with Gasteiger partial charge in [0, 0.05) is 31.2 Å². The van der Waals surface area contributed by atoms with Gasteiger partial charge in [0.05, 0.1) is 0 Å². The second kappa shape index (κ2) is 6.78. The van der Waals surface area contributed by atoms with Crippen molar-refractivity contribution in [3.8, 4) is 0 Å². The lowest BCUT2D eigenvalue weighted by Gasteiger charge is -2.32. The van der Waals surface area contributed by atoms with Crippen molar-refractivity contribution in [1.29, 1.82) is 0 Å². The summed E-state index contributed by atoms with van der Waals surface area (Å²) in [4.78, 5) is 14.7. The number of carbonyl (C=O) groups is 1. The van der Waals surface area contributed by atoms with Crippen LogP contribution in [0.5, 0.6) is 0 Å². The highest BCUT2D eigenvalue weighted by atomic mass is 19.1. The maximum absolute atomic E-state index is 13.0. The quantitative estimate of drug-likeness (QED) is 0.930. The van der Waals surface area contributed by atoms with Gasteiger partial charge in [0.15, 0.2) is 0 Å². The lowest BCUT2D eigenvalue weighted by atomic mass is 10.0. The van der Waals surface area contributed by atoms with Gasteiger partial charge in [0.2, 0.25) is 5.91 Å². The van der Waals surface area contributed by atoms with E-state index in [4.69, 9.17) is 0 Å². The number of nitrogens with one attached hydrogen (secondary N) is 1. The van der Waals surface area contributed by atoms with Crippen molar-refractivity contribution in [3.63, 3.8) is 0 Å². The Balaban J connectivity index is 1.28. The summed E-state index contributed by atoms with van der Waals surface area (Å²) < 4.78 is 13.0. The normalized spacial score (nSPS) is 23.3. The second-order valence-corrected chi connectivity index (χ2v) is 6.85.